The quantitative estimate of drug-likeness (QED) is 0.678. The Balaban J connectivity index is 2.58. The summed E-state index contributed by atoms with van der Waals surface area (Å²) in [6.07, 6.45) is 2.05. The number of aryl methyl sites for hydroxylation is 1. The number of carbonyl (C=O) groups is 1. The van der Waals surface area contributed by atoms with Crippen LogP contribution in [0.15, 0.2) is 18.2 Å². The molecule has 1 amide bonds. The molecule has 1 rings (SSSR count). The first-order chi connectivity index (χ1) is 8.56. The highest BCUT2D eigenvalue weighted by atomic mass is 16.3. The summed E-state index contributed by atoms with van der Waals surface area (Å²) in [4.78, 5) is 11.7. The van der Waals surface area contributed by atoms with Gasteiger partial charge in [0.2, 0.25) is 5.91 Å². The number of carbonyl (C=O) groups excluding carboxylic acids is 1. The van der Waals surface area contributed by atoms with Crippen LogP contribution in [0.4, 0.5) is 5.69 Å². The van der Waals surface area contributed by atoms with Gasteiger partial charge in [0, 0.05) is 6.42 Å². The zero-order valence-electron chi connectivity index (χ0n) is 11.1. The molecule has 0 saturated carbocycles. The molecule has 0 radical (unpaired) electrons. The molecular weight excluding hydrogens is 228 g/mol. The Morgan fingerprint density at radius 3 is 2.83 bits per heavy atom. The fourth-order valence-corrected chi connectivity index (χ4v) is 1.61. The molecule has 0 aliphatic heterocycles. The van der Waals surface area contributed by atoms with Gasteiger partial charge >= 0.3 is 0 Å². The van der Waals surface area contributed by atoms with Crippen molar-refractivity contribution in [1.82, 2.24) is 0 Å². The third-order valence-corrected chi connectivity index (χ3v) is 3.01. The van der Waals surface area contributed by atoms with Gasteiger partial charge in [0.1, 0.15) is 5.75 Å². The lowest BCUT2D eigenvalue weighted by Crippen LogP contribution is -2.16. The Hall–Kier alpha value is -1.55. The van der Waals surface area contributed by atoms with Crippen molar-refractivity contribution in [3.05, 3.63) is 23.8 Å². The Kier molecular flexibility index (Phi) is 5.65. The van der Waals surface area contributed by atoms with Crippen molar-refractivity contribution in [2.45, 2.75) is 33.1 Å². The van der Waals surface area contributed by atoms with Crippen molar-refractivity contribution in [2.24, 2.45) is 11.7 Å². The second-order valence-corrected chi connectivity index (χ2v) is 4.63. The molecule has 1 atom stereocenters. The molecule has 1 aromatic carbocycles. The molecule has 0 aromatic heterocycles. The first-order valence-electron chi connectivity index (χ1n) is 6.38. The molecule has 0 heterocycles. The second-order valence-electron chi connectivity index (χ2n) is 4.63. The van der Waals surface area contributed by atoms with Gasteiger partial charge in [0.05, 0.1) is 5.69 Å². The maximum Gasteiger partial charge on any atom is 0.224 e. The monoisotopic (exact) mass is 250 g/mol. The van der Waals surface area contributed by atoms with E-state index < -0.39 is 0 Å². The van der Waals surface area contributed by atoms with E-state index in [2.05, 4.69) is 5.32 Å². The van der Waals surface area contributed by atoms with E-state index in [1.54, 1.807) is 12.1 Å². The molecule has 0 fully saturated rings. The van der Waals surface area contributed by atoms with Gasteiger partial charge in [-0.3, -0.25) is 4.79 Å². The van der Waals surface area contributed by atoms with E-state index in [9.17, 15) is 9.90 Å². The van der Waals surface area contributed by atoms with E-state index in [1.807, 2.05) is 19.9 Å². The maximum absolute atomic E-state index is 11.7. The summed E-state index contributed by atoms with van der Waals surface area (Å²) in [5, 5.41) is 12.4. The van der Waals surface area contributed by atoms with Crippen LogP contribution in [-0.2, 0) is 11.2 Å². The first-order valence-corrected chi connectivity index (χ1v) is 6.38. The van der Waals surface area contributed by atoms with E-state index in [0.29, 0.717) is 24.6 Å². The molecule has 4 nitrogen and oxygen atoms in total. The fourth-order valence-electron chi connectivity index (χ4n) is 1.61. The summed E-state index contributed by atoms with van der Waals surface area (Å²) in [7, 11) is 0. The molecule has 1 aromatic rings. The Labute approximate surface area is 108 Å². The summed E-state index contributed by atoms with van der Waals surface area (Å²) in [6, 6.07) is 5.26. The molecule has 0 spiro atoms. The van der Waals surface area contributed by atoms with Crippen LogP contribution in [-0.4, -0.2) is 17.6 Å². The van der Waals surface area contributed by atoms with E-state index in [1.165, 1.54) is 0 Å². The highest BCUT2D eigenvalue weighted by Gasteiger charge is 2.08. The van der Waals surface area contributed by atoms with Gasteiger partial charge in [-0.05, 0) is 43.0 Å². The standard InChI is InChI=1S/C14H22N2O2/c1-3-11-5-6-13(17)12(8-11)16-14(18)7-4-10(2)9-15/h5-6,8,10,17H,3-4,7,9,15H2,1-2H3,(H,16,18). The van der Waals surface area contributed by atoms with Gasteiger partial charge in [-0.1, -0.05) is 19.9 Å². The fraction of sp³-hybridized carbons (Fsp3) is 0.500. The third kappa shape index (κ3) is 4.37. The molecule has 18 heavy (non-hydrogen) atoms. The van der Waals surface area contributed by atoms with Gasteiger partial charge < -0.3 is 16.2 Å². The van der Waals surface area contributed by atoms with E-state index in [-0.39, 0.29) is 11.7 Å². The van der Waals surface area contributed by atoms with E-state index in [0.717, 1.165) is 18.4 Å². The molecule has 1 unspecified atom stereocenters. The van der Waals surface area contributed by atoms with Crippen LogP contribution in [0.1, 0.15) is 32.3 Å². The lowest BCUT2D eigenvalue weighted by Gasteiger charge is -2.10. The van der Waals surface area contributed by atoms with Gasteiger partial charge in [0.15, 0.2) is 0 Å². The minimum absolute atomic E-state index is 0.0844. The smallest absolute Gasteiger partial charge is 0.224 e. The normalized spacial score (nSPS) is 12.2. The highest BCUT2D eigenvalue weighted by molar-refractivity contribution is 5.92. The van der Waals surface area contributed by atoms with Crippen LogP contribution in [0, 0.1) is 5.92 Å². The van der Waals surface area contributed by atoms with Gasteiger partial charge in [-0.25, -0.2) is 0 Å². The summed E-state index contributed by atoms with van der Waals surface area (Å²) in [5.74, 6) is 0.359. The predicted octanol–water partition coefficient (Wildman–Crippen LogP) is 2.27. The average Bonchev–Trinajstić information content (AvgIpc) is 2.38. The molecule has 0 aliphatic rings. The van der Waals surface area contributed by atoms with Crippen LogP contribution in [0.2, 0.25) is 0 Å². The number of hydrogen-bond acceptors (Lipinski definition) is 3. The van der Waals surface area contributed by atoms with Crippen molar-refractivity contribution in [3.63, 3.8) is 0 Å². The molecule has 0 bridgehead atoms. The van der Waals surface area contributed by atoms with Crippen molar-refractivity contribution in [3.8, 4) is 5.75 Å². The summed E-state index contributed by atoms with van der Waals surface area (Å²) in [5.41, 5.74) is 7.07. The largest absolute Gasteiger partial charge is 0.506 e. The average molecular weight is 250 g/mol. The number of phenolic OH excluding ortho intramolecular Hbond substituents is 1. The minimum atomic E-state index is -0.0844. The van der Waals surface area contributed by atoms with E-state index >= 15 is 0 Å². The number of rotatable bonds is 6. The summed E-state index contributed by atoms with van der Waals surface area (Å²) >= 11 is 0. The number of nitrogens with two attached hydrogens (primary N) is 1. The predicted molar refractivity (Wildman–Crippen MR) is 73.6 cm³/mol. The Bertz CT molecular complexity index is 405. The van der Waals surface area contributed by atoms with Crippen molar-refractivity contribution in [1.29, 1.82) is 0 Å². The molecular formula is C14H22N2O2. The van der Waals surface area contributed by atoms with Crippen LogP contribution < -0.4 is 11.1 Å². The number of hydrogen-bond donors (Lipinski definition) is 3. The maximum atomic E-state index is 11.7. The minimum Gasteiger partial charge on any atom is -0.506 e. The Morgan fingerprint density at radius 2 is 2.22 bits per heavy atom. The van der Waals surface area contributed by atoms with Crippen LogP contribution in [0.3, 0.4) is 0 Å². The van der Waals surface area contributed by atoms with Gasteiger partial charge in [-0.15, -0.1) is 0 Å². The molecule has 0 aliphatic carbocycles. The van der Waals surface area contributed by atoms with Gasteiger partial charge in [-0.2, -0.15) is 0 Å². The summed E-state index contributed by atoms with van der Waals surface area (Å²) in [6.45, 7) is 4.63. The second kappa shape index (κ2) is 7.01. The van der Waals surface area contributed by atoms with Crippen molar-refractivity contribution < 1.29 is 9.90 Å². The molecule has 4 N–H and O–H groups in total. The topological polar surface area (TPSA) is 75.3 Å². The number of benzene rings is 1. The SMILES string of the molecule is CCc1ccc(O)c(NC(=O)CCC(C)CN)c1. The zero-order chi connectivity index (χ0) is 13.5. The number of anilines is 1. The molecule has 4 heteroatoms. The molecule has 0 saturated heterocycles. The highest BCUT2D eigenvalue weighted by Crippen LogP contribution is 2.24. The number of nitrogens with one attached hydrogen (secondary N) is 1. The lowest BCUT2D eigenvalue weighted by atomic mass is 10.1. The van der Waals surface area contributed by atoms with Crippen LogP contribution >= 0.6 is 0 Å². The summed E-state index contributed by atoms with van der Waals surface area (Å²) < 4.78 is 0. The zero-order valence-corrected chi connectivity index (χ0v) is 11.1. The van der Waals surface area contributed by atoms with Crippen molar-refractivity contribution >= 4 is 11.6 Å². The lowest BCUT2D eigenvalue weighted by molar-refractivity contribution is -0.116. The number of amides is 1. The van der Waals surface area contributed by atoms with Crippen molar-refractivity contribution in [2.75, 3.05) is 11.9 Å². The van der Waals surface area contributed by atoms with Crippen LogP contribution in [0.25, 0.3) is 0 Å². The number of phenols is 1. The first kappa shape index (κ1) is 14.5. The van der Waals surface area contributed by atoms with Gasteiger partial charge in [0.25, 0.3) is 0 Å². The van der Waals surface area contributed by atoms with E-state index in [4.69, 9.17) is 5.73 Å². The Morgan fingerprint density at radius 1 is 1.50 bits per heavy atom. The molecule has 100 valence electrons. The third-order valence-electron chi connectivity index (χ3n) is 3.01. The number of aromatic hydroxyl groups is 1. The van der Waals surface area contributed by atoms with Crippen LogP contribution in [0.5, 0.6) is 5.75 Å².